The zero-order valence-electron chi connectivity index (χ0n) is 25.6. The average molecular weight is 856 g/mol. The maximum absolute atomic E-state index is 14.0. The first-order valence-corrected chi connectivity index (χ1v) is 22.6. The number of benzene rings is 2. The molecule has 2 atom stereocenters. The molecule has 20 nitrogen and oxygen atoms in total. The molecule has 0 aliphatic heterocycles. The van der Waals surface area contributed by atoms with Gasteiger partial charge in [-0.15, -0.1) is 0 Å². The van der Waals surface area contributed by atoms with Crippen LogP contribution in [0.3, 0.4) is 0 Å². The summed E-state index contributed by atoms with van der Waals surface area (Å²) in [4.78, 5) is 12.3. The van der Waals surface area contributed by atoms with E-state index in [0.29, 0.717) is 18.2 Å². The van der Waals surface area contributed by atoms with Crippen LogP contribution < -0.4 is 0 Å². The fourth-order valence-electron chi connectivity index (χ4n) is 5.95. The van der Waals surface area contributed by atoms with Crippen molar-refractivity contribution in [3.05, 3.63) is 103 Å². The fourth-order valence-corrected chi connectivity index (χ4v) is 11.1. The van der Waals surface area contributed by atoms with Crippen molar-refractivity contribution in [2.45, 2.75) is 26.7 Å². The Kier molecular flexibility index (Phi) is 9.89. The van der Waals surface area contributed by atoms with Gasteiger partial charge in [-0.1, -0.05) is 36.4 Å². The summed E-state index contributed by atoms with van der Waals surface area (Å²) in [6.07, 6.45) is 3.18. The Balaban J connectivity index is 1.87. The minimum atomic E-state index is -5.71. The van der Waals surface area contributed by atoms with Crippen LogP contribution in [0.1, 0.15) is 39.2 Å². The minimum Gasteiger partial charge on any atom is -0.285 e. The van der Waals surface area contributed by atoms with Crippen molar-refractivity contribution < 1.29 is 82.6 Å². The van der Waals surface area contributed by atoms with Gasteiger partial charge in [0.2, 0.25) is 0 Å². The van der Waals surface area contributed by atoms with Crippen LogP contribution in [0.2, 0.25) is 0 Å². The number of nitrogens with zero attached hydrogens (tertiary/aromatic N) is 1. The number of aliphatic imine (C=N–C) groups is 1. The molecule has 2 unspecified atom stereocenters. The molecule has 284 valence electrons. The summed E-state index contributed by atoms with van der Waals surface area (Å²) in [5.41, 5.74) is -7.29. The molecule has 1 amide bonds. The second kappa shape index (κ2) is 13.1. The van der Waals surface area contributed by atoms with E-state index < -0.39 is 148 Å². The molecule has 0 fully saturated rings. The van der Waals surface area contributed by atoms with Gasteiger partial charge in [0.25, 0.3) is 66.6 Å². The van der Waals surface area contributed by atoms with Gasteiger partial charge >= 0.3 is 0 Å². The molecule has 0 saturated heterocycles. The van der Waals surface area contributed by atoms with E-state index in [0.717, 1.165) is 42.5 Å². The molecule has 3 aliphatic rings. The maximum Gasteiger partial charge on any atom is 0.296 e. The molecule has 0 bridgehead atoms. The highest BCUT2D eigenvalue weighted by atomic mass is 32.2. The highest BCUT2D eigenvalue weighted by Gasteiger charge is 2.46. The van der Waals surface area contributed by atoms with Crippen LogP contribution >= 0.6 is 0 Å². The molecule has 0 radical (unpaired) electrons. The predicted octanol–water partition coefficient (Wildman–Crippen LogP) is 1.37. The van der Waals surface area contributed by atoms with Crippen LogP contribution in [0.25, 0.3) is 12.2 Å². The van der Waals surface area contributed by atoms with Crippen molar-refractivity contribution in [1.29, 1.82) is 0 Å². The van der Waals surface area contributed by atoms with E-state index in [1.807, 2.05) is 0 Å². The summed E-state index contributed by atoms with van der Waals surface area (Å²) < 4.78 is 211. The molecule has 26 heteroatoms. The Morgan fingerprint density at radius 1 is 0.604 bits per heavy atom. The van der Waals surface area contributed by atoms with Crippen molar-refractivity contribution in [1.82, 2.24) is 0 Å². The highest BCUT2D eigenvalue weighted by Crippen LogP contribution is 2.48. The lowest BCUT2D eigenvalue weighted by molar-refractivity contribution is -0.114. The molecular weight excluding hydrogens is 835 g/mol. The number of rotatable bonds is 7. The smallest absolute Gasteiger partial charge is 0.285 e. The molecule has 3 aliphatic carbocycles. The largest absolute Gasteiger partial charge is 0.296 e. The third-order valence-electron chi connectivity index (χ3n) is 7.87. The van der Waals surface area contributed by atoms with Crippen LogP contribution in [0, 0.1) is 0 Å². The predicted molar refractivity (Wildman–Crippen MR) is 181 cm³/mol. The maximum atomic E-state index is 14.0. The van der Waals surface area contributed by atoms with E-state index in [2.05, 4.69) is 4.99 Å². The van der Waals surface area contributed by atoms with Crippen molar-refractivity contribution in [3.8, 4) is 0 Å². The summed E-state index contributed by atoms with van der Waals surface area (Å²) in [5, 5.41) is -5.41. The van der Waals surface area contributed by atoms with Crippen LogP contribution in [-0.2, 0) is 65.5 Å². The van der Waals surface area contributed by atoms with Crippen molar-refractivity contribution in [3.63, 3.8) is 0 Å². The summed E-state index contributed by atoms with van der Waals surface area (Å²) in [6.45, 7) is 0. The fraction of sp³-hybridized carbons (Fsp3) is 0.111. The molecule has 0 spiro atoms. The number of allylic oxidation sites excluding steroid dienone is 5. The Labute approximate surface area is 300 Å². The van der Waals surface area contributed by atoms with Crippen LogP contribution in [0.5, 0.6) is 0 Å². The standard InChI is InChI=1S/C27H21NO19S6/c29-27(28-24-22(51(39,40)41)12-18-15(26(24)53(45,46)47)8-4-10-20(18)49(33,34)35)16-6-2-1-5-13(16)23-21(50(36,37)38)11-17-14(25(23)52(42,43)44)7-3-9-19(17)48(30,31)32/h1-4,6-12,25-26H,5H2,(H,30,31,32)(H,33,34,35)(H,36,37,38)(H,39,40,41)(H,42,43,44)(H,45,46,47). The monoisotopic (exact) mass is 855 g/mol. The van der Waals surface area contributed by atoms with Crippen LogP contribution in [0.4, 0.5) is 0 Å². The molecule has 6 N–H and O–H groups in total. The van der Waals surface area contributed by atoms with E-state index >= 15 is 0 Å². The van der Waals surface area contributed by atoms with Gasteiger partial charge < -0.3 is 0 Å². The summed E-state index contributed by atoms with van der Waals surface area (Å²) in [7, 11) is -33.2. The molecule has 2 aromatic carbocycles. The van der Waals surface area contributed by atoms with Gasteiger partial charge in [-0.2, -0.15) is 50.5 Å². The molecule has 2 aromatic rings. The first-order valence-electron chi connectivity index (χ1n) is 13.8. The van der Waals surface area contributed by atoms with Gasteiger partial charge in [-0.05, 0) is 53.5 Å². The minimum absolute atomic E-state index is 0.314. The highest BCUT2D eigenvalue weighted by molar-refractivity contribution is 7.92. The van der Waals surface area contributed by atoms with E-state index in [1.54, 1.807) is 0 Å². The van der Waals surface area contributed by atoms with Gasteiger partial charge in [0, 0.05) is 22.3 Å². The molecule has 0 saturated carbocycles. The van der Waals surface area contributed by atoms with Crippen molar-refractivity contribution >= 4 is 84.5 Å². The number of carbonyl (C=O) groups is 1. The van der Waals surface area contributed by atoms with Crippen molar-refractivity contribution in [2.75, 3.05) is 0 Å². The number of amides is 1. The summed E-state index contributed by atoms with van der Waals surface area (Å²) in [5.74, 6) is -1.74. The Morgan fingerprint density at radius 3 is 1.49 bits per heavy atom. The third-order valence-corrected chi connectivity index (χ3v) is 13.6. The lowest BCUT2D eigenvalue weighted by Gasteiger charge is -2.30. The van der Waals surface area contributed by atoms with E-state index in [1.165, 1.54) is 6.08 Å². The van der Waals surface area contributed by atoms with E-state index in [4.69, 9.17) is 0 Å². The molecule has 0 aromatic heterocycles. The average Bonchev–Trinajstić information content (AvgIpc) is 2.99. The molecule has 53 heavy (non-hydrogen) atoms. The Hall–Kier alpha value is -4.06. The molecular formula is C27H21NO19S6. The zero-order chi connectivity index (χ0) is 39.9. The summed E-state index contributed by atoms with van der Waals surface area (Å²) >= 11 is 0. The third kappa shape index (κ3) is 7.66. The first kappa shape index (κ1) is 40.1. The van der Waals surface area contributed by atoms with Gasteiger partial charge in [0.15, 0.2) is 5.25 Å². The number of fused-ring (bicyclic) bond motifs is 2. The Bertz CT molecular complexity index is 2910. The number of carbonyl (C=O) groups excluding carboxylic acids is 1. The van der Waals surface area contributed by atoms with Gasteiger partial charge in [0.05, 0.1) is 10.6 Å². The SMILES string of the molecule is O=C(N=C1C(S(=O)(=O)O)=Cc2c(cccc2S(=O)(=O)O)C1S(=O)(=O)O)C1=CC=CCC1=C1C(S(=O)(=O)O)=Cc2c(cccc2S(=O)(=O)O)C1S(=O)(=O)O. The molecule has 0 heterocycles. The lowest BCUT2D eigenvalue weighted by atomic mass is 9.84. The second-order valence-corrected chi connectivity index (χ2v) is 19.7. The van der Waals surface area contributed by atoms with Crippen LogP contribution in [0.15, 0.2) is 95.9 Å². The lowest BCUT2D eigenvalue weighted by Crippen LogP contribution is -2.31. The van der Waals surface area contributed by atoms with E-state index in [9.17, 15) is 82.6 Å². The topological polar surface area (TPSA) is 356 Å². The number of hydrogen-bond donors (Lipinski definition) is 6. The number of hydrogen-bond acceptors (Lipinski definition) is 13. The molecule has 5 rings (SSSR count). The zero-order valence-corrected chi connectivity index (χ0v) is 30.5. The summed E-state index contributed by atoms with van der Waals surface area (Å²) in [6, 6.07) is 4.91. The second-order valence-electron chi connectivity index (χ2n) is 11.1. The Morgan fingerprint density at radius 2 is 1.06 bits per heavy atom. The van der Waals surface area contributed by atoms with E-state index in [-0.39, 0.29) is 0 Å². The normalized spacial score (nSPS) is 22.0. The van der Waals surface area contributed by atoms with Crippen molar-refractivity contribution in [2.24, 2.45) is 4.99 Å². The van der Waals surface area contributed by atoms with Gasteiger partial charge in [0.1, 0.15) is 19.9 Å². The quantitative estimate of drug-likeness (QED) is 0.214. The first-order chi connectivity index (χ1) is 24.0. The van der Waals surface area contributed by atoms with Gasteiger partial charge in [-0.3, -0.25) is 32.1 Å². The van der Waals surface area contributed by atoms with Crippen LogP contribution in [-0.4, -0.2) is 89.4 Å². The van der Waals surface area contributed by atoms with Gasteiger partial charge in [-0.25, -0.2) is 4.99 Å².